The van der Waals surface area contributed by atoms with E-state index in [2.05, 4.69) is 18.3 Å². The van der Waals surface area contributed by atoms with E-state index in [0.29, 0.717) is 0 Å². The lowest BCUT2D eigenvalue weighted by Crippen LogP contribution is -2.24. The molecule has 0 heterocycles. The van der Waals surface area contributed by atoms with Gasteiger partial charge in [0.1, 0.15) is 11.6 Å². The van der Waals surface area contributed by atoms with E-state index in [0.717, 1.165) is 23.3 Å². The third-order valence-electron chi connectivity index (χ3n) is 3.72. The lowest BCUT2D eigenvalue weighted by Gasteiger charge is -2.24. The smallest absolute Gasteiger partial charge is 0.123 e. The summed E-state index contributed by atoms with van der Waals surface area (Å²) >= 11 is 0. The van der Waals surface area contributed by atoms with E-state index >= 15 is 0 Å². The zero-order valence-corrected chi connectivity index (χ0v) is 12.8. The van der Waals surface area contributed by atoms with Crippen LogP contribution in [0.2, 0.25) is 0 Å². The van der Waals surface area contributed by atoms with E-state index in [1.54, 1.807) is 19.2 Å². The van der Waals surface area contributed by atoms with Gasteiger partial charge in [0.05, 0.1) is 7.11 Å². The monoisotopic (exact) mass is 287 g/mol. The molecule has 2 aromatic carbocycles. The third-order valence-corrected chi connectivity index (χ3v) is 3.72. The first kappa shape index (κ1) is 15.5. The maximum Gasteiger partial charge on any atom is 0.123 e. The molecule has 2 nitrogen and oxygen atoms in total. The Morgan fingerprint density at radius 3 is 2.57 bits per heavy atom. The largest absolute Gasteiger partial charge is 0.496 e. The van der Waals surface area contributed by atoms with E-state index in [1.165, 1.54) is 6.07 Å². The first-order valence-electron chi connectivity index (χ1n) is 7.30. The zero-order chi connectivity index (χ0) is 15.2. The molecule has 0 aliphatic rings. The lowest BCUT2D eigenvalue weighted by molar-refractivity contribution is 0.388. The van der Waals surface area contributed by atoms with Crippen LogP contribution in [0, 0.1) is 5.82 Å². The number of hydrogen-bond donors (Lipinski definition) is 1. The third kappa shape index (κ3) is 3.82. The number of nitrogens with one attached hydrogen (secondary N) is 1. The van der Waals surface area contributed by atoms with Gasteiger partial charge >= 0.3 is 0 Å². The molecule has 0 radical (unpaired) electrons. The number of para-hydroxylation sites is 1. The summed E-state index contributed by atoms with van der Waals surface area (Å²) in [4.78, 5) is 0. The Kier molecular flexibility index (Phi) is 5.34. The SMILES string of the molecule is CCC(NC(C)c1cccc(F)c1)c1ccccc1OC. The standard InChI is InChI=1S/C18H22FNO/c1-4-17(16-10-5-6-11-18(16)21-3)20-13(2)14-8-7-9-15(19)12-14/h5-13,17,20H,4H2,1-3H3. The second-order valence-corrected chi connectivity index (χ2v) is 5.15. The molecule has 112 valence electrons. The summed E-state index contributed by atoms with van der Waals surface area (Å²) in [6, 6.07) is 15.0. The van der Waals surface area contributed by atoms with Crippen molar-refractivity contribution in [3.05, 3.63) is 65.5 Å². The van der Waals surface area contributed by atoms with Crippen molar-refractivity contribution in [3.8, 4) is 5.75 Å². The van der Waals surface area contributed by atoms with Crippen LogP contribution in [0.4, 0.5) is 4.39 Å². The molecule has 1 N–H and O–H groups in total. The first-order valence-corrected chi connectivity index (χ1v) is 7.30. The highest BCUT2D eigenvalue weighted by Crippen LogP contribution is 2.29. The fourth-order valence-electron chi connectivity index (χ4n) is 2.56. The second kappa shape index (κ2) is 7.23. The first-order chi connectivity index (χ1) is 10.2. The number of hydrogen-bond acceptors (Lipinski definition) is 2. The predicted molar refractivity (Wildman–Crippen MR) is 84.0 cm³/mol. The van der Waals surface area contributed by atoms with Crippen LogP contribution in [0.15, 0.2) is 48.5 Å². The number of rotatable bonds is 6. The molecule has 0 saturated carbocycles. The maximum atomic E-state index is 13.3. The van der Waals surface area contributed by atoms with Crippen molar-refractivity contribution in [2.45, 2.75) is 32.4 Å². The lowest BCUT2D eigenvalue weighted by atomic mass is 10.0. The predicted octanol–water partition coefficient (Wildman–Crippen LogP) is 4.64. The number of ether oxygens (including phenoxy) is 1. The van der Waals surface area contributed by atoms with Crippen LogP contribution in [0.1, 0.15) is 43.5 Å². The van der Waals surface area contributed by atoms with Crippen molar-refractivity contribution in [2.75, 3.05) is 7.11 Å². The van der Waals surface area contributed by atoms with Crippen molar-refractivity contribution >= 4 is 0 Å². The molecule has 2 rings (SSSR count). The molecule has 2 aromatic rings. The minimum absolute atomic E-state index is 0.0653. The topological polar surface area (TPSA) is 21.3 Å². The summed E-state index contributed by atoms with van der Waals surface area (Å²) in [6.45, 7) is 4.18. The zero-order valence-electron chi connectivity index (χ0n) is 12.8. The summed E-state index contributed by atoms with van der Waals surface area (Å²) in [5, 5.41) is 3.55. The normalized spacial score (nSPS) is 13.7. The van der Waals surface area contributed by atoms with Crippen LogP contribution in [-0.4, -0.2) is 7.11 Å². The molecule has 0 amide bonds. The molecular formula is C18H22FNO. The Labute approximate surface area is 126 Å². The van der Waals surface area contributed by atoms with Gasteiger partial charge in [0, 0.05) is 17.6 Å². The molecule has 21 heavy (non-hydrogen) atoms. The summed E-state index contributed by atoms with van der Waals surface area (Å²) in [6.07, 6.45) is 0.931. The summed E-state index contributed by atoms with van der Waals surface area (Å²) in [7, 11) is 1.68. The second-order valence-electron chi connectivity index (χ2n) is 5.15. The Morgan fingerprint density at radius 1 is 1.14 bits per heavy atom. The van der Waals surface area contributed by atoms with Crippen LogP contribution in [0.3, 0.4) is 0 Å². The van der Waals surface area contributed by atoms with Gasteiger partial charge in [-0.15, -0.1) is 0 Å². The van der Waals surface area contributed by atoms with Crippen molar-refractivity contribution in [1.82, 2.24) is 5.32 Å². The van der Waals surface area contributed by atoms with Gasteiger partial charge in [-0.05, 0) is 37.1 Å². The van der Waals surface area contributed by atoms with E-state index in [9.17, 15) is 4.39 Å². The maximum absolute atomic E-state index is 13.3. The molecule has 2 unspecified atom stereocenters. The summed E-state index contributed by atoms with van der Waals surface area (Å²) < 4.78 is 18.8. The van der Waals surface area contributed by atoms with Crippen molar-refractivity contribution < 1.29 is 9.13 Å². The molecule has 0 fully saturated rings. The van der Waals surface area contributed by atoms with E-state index < -0.39 is 0 Å². The minimum Gasteiger partial charge on any atom is -0.496 e. The molecule has 0 bridgehead atoms. The molecule has 0 aliphatic carbocycles. The van der Waals surface area contributed by atoms with Gasteiger partial charge < -0.3 is 10.1 Å². The van der Waals surface area contributed by atoms with Crippen LogP contribution < -0.4 is 10.1 Å². The van der Waals surface area contributed by atoms with Gasteiger partial charge in [-0.1, -0.05) is 37.3 Å². The van der Waals surface area contributed by atoms with E-state index in [1.807, 2.05) is 31.2 Å². The van der Waals surface area contributed by atoms with Crippen molar-refractivity contribution in [2.24, 2.45) is 0 Å². The summed E-state index contributed by atoms with van der Waals surface area (Å²) in [5.74, 6) is 0.676. The molecular weight excluding hydrogens is 265 g/mol. The fourth-order valence-corrected chi connectivity index (χ4v) is 2.56. The quantitative estimate of drug-likeness (QED) is 0.836. The van der Waals surface area contributed by atoms with Crippen LogP contribution in [-0.2, 0) is 0 Å². The molecule has 0 spiro atoms. The number of halogens is 1. The van der Waals surface area contributed by atoms with Crippen LogP contribution >= 0.6 is 0 Å². The van der Waals surface area contributed by atoms with Crippen molar-refractivity contribution in [1.29, 1.82) is 0 Å². The Morgan fingerprint density at radius 2 is 1.90 bits per heavy atom. The molecule has 0 aliphatic heterocycles. The average Bonchev–Trinajstić information content (AvgIpc) is 2.52. The van der Waals surface area contributed by atoms with Crippen LogP contribution in [0.5, 0.6) is 5.75 Å². The Hall–Kier alpha value is -1.87. The molecule has 2 atom stereocenters. The number of benzene rings is 2. The highest BCUT2D eigenvalue weighted by atomic mass is 19.1. The summed E-state index contributed by atoms with van der Waals surface area (Å²) in [5.41, 5.74) is 2.08. The fraction of sp³-hybridized carbons (Fsp3) is 0.333. The van der Waals surface area contributed by atoms with Gasteiger partial charge in [-0.2, -0.15) is 0 Å². The average molecular weight is 287 g/mol. The minimum atomic E-state index is -0.202. The van der Waals surface area contributed by atoms with E-state index in [4.69, 9.17) is 4.74 Å². The van der Waals surface area contributed by atoms with E-state index in [-0.39, 0.29) is 17.9 Å². The highest BCUT2D eigenvalue weighted by Gasteiger charge is 2.17. The molecule has 0 aromatic heterocycles. The van der Waals surface area contributed by atoms with Gasteiger partial charge in [-0.3, -0.25) is 0 Å². The van der Waals surface area contributed by atoms with Crippen LogP contribution in [0.25, 0.3) is 0 Å². The molecule has 3 heteroatoms. The van der Waals surface area contributed by atoms with Gasteiger partial charge in [0.15, 0.2) is 0 Å². The van der Waals surface area contributed by atoms with Gasteiger partial charge in [0.25, 0.3) is 0 Å². The Balaban J connectivity index is 2.19. The van der Waals surface area contributed by atoms with Gasteiger partial charge in [-0.25, -0.2) is 4.39 Å². The number of methoxy groups -OCH3 is 1. The van der Waals surface area contributed by atoms with Gasteiger partial charge in [0.2, 0.25) is 0 Å². The molecule has 0 saturated heterocycles. The highest BCUT2D eigenvalue weighted by molar-refractivity contribution is 5.36. The van der Waals surface area contributed by atoms with Crippen molar-refractivity contribution in [3.63, 3.8) is 0 Å². The Bertz CT molecular complexity index is 585.